The van der Waals surface area contributed by atoms with Crippen LogP contribution in [-0.2, 0) is 0 Å². The van der Waals surface area contributed by atoms with Crippen LogP contribution in [0.15, 0.2) is 48.9 Å². The third-order valence-corrected chi connectivity index (χ3v) is 2.50. The molecule has 3 rings (SSSR count). The highest BCUT2D eigenvalue weighted by molar-refractivity contribution is 5.87. The van der Waals surface area contributed by atoms with Crippen LogP contribution in [0.2, 0.25) is 0 Å². The molecule has 0 amide bonds. The van der Waals surface area contributed by atoms with Crippen molar-refractivity contribution >= 4 is 10.8 Å². The summed E-state index contributed by atoms with van der Waals surface area (Å²) < 4.78 is 1.77. The minimum atomic E-state index is 0.0597. The second-order valence-corrected chi connectivity index (χ2v) is 3.49. The Kier molecular flexibility index (Phi) is 1.86. The molecule has 0 atom stereocenters. The maximum Gasteiger partial charge on any atom is 0.218 e. The molecule has 4 nitrogen and oxygen atoms in total. The van der Waals surface area contributed by atoms with Crippen LogP contribution in [0.25, 0.3) is 16.5 Å². The zero-order valence-corrected chi connectivity index (χ0v) is 8.41. The molecular weight excluding hydrogens is 202 g/mol. The van der Waals surface area contributed by atoms with Crippen molar-refractivity contribution < 1.29 is 5.11 Å². The first kappa shape index (κ1) is 8.91. The van der Waals surface area contributed by atoms with Crippen LogP contribution >= 0.6 is 0 Å². The molecule has 2 aromatic heterocycles. The maximum absolute atomic E-state index is 9.56. The molecule has 0 saturated heterocycles. The van der Waals surface area contributed by atoms with E-state index in [1.807, 2.05) is 36.5 Å². The van der Waals surface area contributed by atoms with Gasteiger partial charge in [0.1, 0.15) is 0 Å². The standard InChI is InChI=1S/C12H9N3O/c16-12-11-3-2-10(15-7-1-5-14-15)8-9(11)4-6-13-12/h1-8H,(H,13,16). The van der Waals surface area contributed by atoms with E-state index in [2.05, 4.69) is 10.1 Å². The zero-order valence-electron chi connectivity index (χ0n) is 8.41. The molecule has 4 heteroatoms. The average Bonchev–Trinajstić information content (AvgIpc) is 2.82. The number of fused-ring (bicyclic) bond motifs is 1. The number of pyridine rings is 1. The van der Waals surface area contributed by atoms with E-state index in [-0.39, 0.29) is 5.88 Å². The summed E-state index contributed by atoms with van der Waals surface area (Å²) in [7, 11) is 0. The Bertz CT molecular complexity index is 632. The molecule has 1 aromatic carbocycles. The van der Waals surface area contributed by atoms with Gasteiger partial charge < -0.3 is 5.11 Å². The first-order chi connectivity index (χ1) is 7.84. The molecule has 0 saturated carbocycles. The first-order valence-electron chi connectivity index (χ1n) is 4.92. The molecule has 0 radical (unpaired) electrons. The number of aromatic nitrogens is 3. The lowest BCUT2D eigenvalue weighted by Gasteiger charge is -2.04. The topological polar surface area (TPSA) is 50.9 Å². The number of hydrogen-bond donors (Lipinski definition) is 1. The van der Waals surface area contributed by atoms with Crippen molar-refractivity contribution in [2.45, 2.75) is 0 Å². The number of nitrogens with zero attached hydrogens (tertiary/aromatic N) is 3. The Morgan fingerprint density at radius 1 is 1.12 bits per heavy atom. The summed E-state index contributed by atoms with van der Waals surface area (Å²) in [6.07, 6.45) is 5.20. The van der Waals surface area contributed by atoms with E-state index in [9.17, 15) is 5.11 Å². The van der Waals surface area contributed by atoms with Gasteiger partial charge in [0.05, 0.1) is 5.69 Å². The average molecular weight is 211 g/mol. The van der Waals surface area contributed by atoms with Gasteiger partial charge in [0, 0.05) is 24.0 Å². The Hall–Kier alpha value is -2.36. The normalized spacial score (nSPS) is 10.8. The van der Waals surface area contributed by atoms with Crippen LogP contribution in [0, 0.1) is 0 Å². The third kappa shape index (κ3) is 1.32. The predicted molar refractivity (Wildman–Crippen MR) is 60.5 cm³/mol. The van der Waals surface area contributed by atoms with Crippen LogP contribution in [0.1, 0.15) is 0 Å². The van der Waals surface area contributed by atoms with E-state index >= 15 is 0 Å². The molecule has 0 bridgehead atoms. The lowest BCUT2D eigenvalue weighted by molar-refractivity contribution is 0.460. The van der Waals surface area contributed by atoms with Crippen molar-refractivity contribution in [3.05, 3.63) is 48.9 Å². The summed E-state index contributed by atoms with van der Waals surface area (Å²) in [4.78, 5) is 3.83. The summed E-state index contributed by atoms with van der Waals surface area (Å²) in [5, 5.41) is 15.4. The second-order valence-electron chi connectivity index (χ2n) is 3.49. The molecule has 2 heterocycles. The fraction of sp³-hybridized carbons (Fsp3) is 0. The summed E-state index contributed by atoms with van der Waals surface area (Å²) in [6, 6.07) is 9.44. The van der Waals surface area contributed by atoms with Gasteiger partial charge in [-0.3, -0.25) is 0 Å². The van der Waals surface area contributed by atoms with Crippen molar-refractivity contribution in [1.29, 1.82) is 0 Å². The molecule has 0 aliphatic rings. The van der Waals surface area contributed by atoms with Gasteiger partial charge in [-0.1, -0.05) is 0 Å². The summed E-state index contributed by atoms with van der Waals surface area (Å²) in [5.74, 6) is 0.0597. The lowest BCUT2D eigenvalue weighted by Crippen LogP contribution is -1.93. The van der Waals surface area contributed by atoms with Gasteiger partial charge in [-0.05, 0) is 35.7 Å². The molecule has 1 N–H and O–H groups in total. The smallest absolute Gasteiger partial charge is 0.218 e. The van der Waals surface area contributed by atoms with Gasteiger partial charge in [-0.2, -0.15) is 5.10 Å². The number of aromatic hydroxyl groups is 1. The summed E-state index contributed by atoms with van der Waals surface area (Å²) >= 11 is 0. The van der Waals surface area contributed by atoms with Crippen LogP contribution in [0.4, 0.5) is 0 Å². The van der Waals surface area contributed by atoms with Gasteiger partial charge in [-0.15, -0.1) is 0 Å². The van der Waals surface area contributed by atoms with Crippen LogP contribution < -0.4 is 0 Å². The van der Waals surface area contributed by atoms with Gasteiger partial charge in [-0.25, -0.2) is 9.67 Å². The number of hydrogen-bond acceptors (Lipinski definition) is 3. The molecule has 3 aromatic rings. The predicted octanol–water partition coefficient (Wildman–Crippen LogP) is 2.13. The van der Waals surface area contributed by atoms with Gasteiger partial charge >= 0.3 is 0 Å². The molecule has 0 spiro atoms. The first-order valence-corrected chi connectivity index (χ1v) is 4.92. The summed E-state index contributed by atoms with van der Waals surface area (Å²) in [6.45, 7) is 0. The monoisotopic (exact) mass is 211 g/mol. The highest BCUT2D eigenvalue weighted by atomic mass is 16.3. The highest BCUT2D eigenvalue weighted by Crippen LogP contribution is 2.23. The lowest BCUT2D eigenvalue weighted by atomic mass is 10.1. The SMILES string of the molecule is Oc1nccc2cc(-n3cccn3)ccc12. The molecule has 0 fully saturated rings. The molecular formula is C12H9N3O. The quantitative estimate of drug-likeness (QED) is 0.670. The Balaban J connectivity index is 2.24. The molecule has 0 unspecified atom stereocenters. The molecule has 0 aliphatic carbocycles. The number of rotatable bonds is 1. The molecule has 78 valence electrons. The van der Waals surface area contributed by atoms with E-state index in [1.54, 1.807) is 17.1 Å². The Morgan fingerprint density at radius 3 is 2.88 bits per heavy atom. The minimum absolute atomic E-state index is 0.0597. The van der Waals surface area contributed by atoms with E-state index < -0.39 is 0 Å². The van der Waals surface area contributed by atoms with Crippen LogP contribution in [-0.4, -0.2) is 19.9 Å². The van der Waals surface area contributed by atoms with Crippen molar-refractivity contribution in [3.63, 3.8) is 0 Å². The van der Waals surface area contributed by atoms with Crippen molar-refractivity contribution in [2.75, 3.05) is 0 Å². The molecule has 16 heavy (non-hydrogen) atoms. The number of benzene rings is 1. The van der Waals surface area contributed by atoms with Gasteiger partial charge in [0.25, 0.3) is 0 Å². The zero-order chi connectivity index (χ0) is 11.0. The van der Waals surface area contributed by atoms with Gasteiger partial charge in [0.15, 0.2) is 0 Å². The van der Waals surface area contributed by atoms with Crippen molar-refractivity contribution in [3.8, 4) is 11.6 Å². The fourth-order valence-corrected chi connectivity index (χ4v) is 1.71. The fourth-order valence-electron chi connectivity index (χ4n) is 1.71. The Morgan fingerprint density at radius 2 is 2.06 bits per heavy atom. The van der Waals surface area contributed by atoms with Crippen LogP contribution in [0.3, 0.4) is 0 Å². The molecule has 0 aliphatic heterocycles. The van der Waals surface area contributed by atoms with Crippen molar-refractivity contribution in [1.82, 2.24) is 14.8 Å². The highest BCUT2D eigenvalue weighted by Gasteiger charge is 2.02. The van der Waals surface area contributed by atoms with E-state index in [0.29, 0.717) is 0 Å². The Labute approximate surface area is 91.8 Å². The summed E-state index contributed by atoms with van der Waals surface area (Å²) in [5.41, 5.74) is 0.961. The minimum Gasteiger partial charge on any atom is -0.493 e. The van der Waals surface area contributed by atoms with Crippen LogP contribution in [0.5, 0.6) is 5.88 Å². The van der Waals surface area contributed by atoms with E-state index in [4.69, 9.17) is 0 Å². The van der Waals surface area contributed by atoms with Gasteiger partial charge in [0.2, 0.25) is 5.88 Å². The maximum atomic E-state index is 9.56. The second kappa shape index (κ2) is 3.34. The largest absolute Gasteiger partial charge is 0.493 e. The van der Waals surface area contributed by atoms with Crippen molar-refractivity contribution in [2.24, 2.45) is 0 Å². The third-order valence-electron chi connectivity index (χ3n) is 2.50. The van der Waals surface area contributed by atoms with E-state index in [1.165, 1.54) is 0 Å². The van der Waals surface area contributed by atoms with E-state index in [0.717, 1.165) is 16.5 Å².